The zero-order valence-electron chi connectivity index (χ0n) is 20.8. The van der Waals surface area contributed by atoms with E-state index < -0.39 is 18.2 Å². The molecule has 2 aliphatic rings. The second-order valence-corrected chi connectivity index (χ2v) is 9.40. The minimum absolute atomic E-state index is 0.0750. The van der Waals surface area contributed by atoms with E-state index in [4.69, 9.17) is 11.0 Å². The van der Waals surface area contributed by atoms with Crippen molar-refractivity contribution in [3.8, 4) is 6.07 Å². The molecule has 9 heteroatoms. The third-order valence-corrected chi connectivity index (χ3v) is 5.74. The quantitative estimate of drug-likeness (QED) is 0.527. The van der Waals surface area contributed by atoms with E-state index in [1.807, 2.05) is 71.0 Å². The smallest absolute Gasteiger partial charge is 0.331 e. The maximum Gasteiger partial charge on any atom is 0.331 e. The number of nitriles is 1. The molecule has 0 saturated carbocycles. The van der Waals surface area contributed by atoms with Gasteiger partial charge in [-0.15, -0.1) is 6.58 Å². The number of hydrogen-bond donors (Lipinski definition) is 1. The SMILES string of the molecule is C=C(C)C.CC(CN1CC2N(C(=O)CN(CC#N)N2C(N)=O)[C@@H](C(C)C)C1=O)c1ccccc1. The third kappa shape index (κ3) is 6.14. The Labute approximate surface area is 202 Å². The topological polar surface area (TPSA) is 114 Å². The van der Waals surface area contributed by atoms with Crippen molar-refractivity contribution >= 4 is 17.8 Å². The van der Waals surface area contributed by atoms with Gasteiger partial charge in [-0.25, -0.2) is 9.80 Å². The van der Waals surface area contributed by atoms with Crippen LogP contribution in [0.1, 0.15) is 46.1 Å². The number of hydrazine groups is 1. The molecule has 184 valence electrons. The van der Waals surface area contributed by atoms with Crippen LogP contribution in [0.2, 0.25) is 0 Å². The molecule has 9 nitrogen and oxygen atoms in total. The number of nitrogens with two attached hydrogens (primary N) is 1. The van der Waals surface area contributed by atoms with Gasteiger partial charge in [0, 0.05) is 6.54 Å². The van der Waals surface area contributed by atoms with E-state index in [-0.39, 0.29) is 43.3 Å². The number of primary amides is 1. The summed E-state index contributed by atoms with van der Waals surface area (Å²) in [5, 5.41) is 11.7. The number of piperazine rings is 1. The van der Waals surface area contributed by atoms with Gasteiger partial charge in [0.2, 0.25) is 11.8 Å². The lowest BCUT2D eigenvalue weighted by molar-refractivity contribution is -0.191. The Balaban J connectivity index is 0.000000945. The second-order valence-electron chi connectivity index (χ2n) is 9.40. The van der Waals surface area contributed by atoms with Crippen LogP contribution in [0.5, 0.6) is 0 Å². The lowest BCUT2D eigenvalue weighted by Crippen LogP contribution is -2.77. The Kier molecular flexibility index (Phi) is 9.21. The zero-order valence-corrected chi connectivity index (χ0v) is 20.8. The van der Waals surface area contributed by atoms with Gasteiger partial charge in [-0.05, 0) is 31.2 Å². The Morgan fingerprint density at radius 1 is 1.21 bits per heavy atom. The van der Waals surface area contributed by atoms with Crippen LogP contribution in [0.3, 0.4) is 0 Å². The standard InChI is InChI=1S/C21H28N6O3.C4H8/c1-14(2)19-20(29)24(11-15(3)16-7-5-4-6-8-16)12-17-26(19)18(28)13-25(10-9-22)27(17)21(23)30;1-4(2)3/h4-8,14-15,17,19H,10-13H2,1-3H3,(H2,23,30);1H2,2-3H3/t15?,17?,19-;/m0./s1. The van der Waals surface area contributed by atoms with E-state index in [1.54, 1.807) is 4.90 Å². The second kappa shape index (κ2) is 11.7. The molecular formula is C25H36N6O3. The summed E-state index contributed by atoms with van der Waals surface area (Å²) in [5.41, 5.74) is 7.90. The highest BCUT2D eigenvalue weighted by Crippen LogP contribution is 2.30. The Bertz CT molecular complexity index is 938. The van der Waals surface area contributed by atoms with Crippen LogP contribution < -0.4 is 5.73 Å². The van der Waals surface area contributed by atoms with Crippen LogP contribution in [-0.2, 0) is 9.59 Å². The van der Waals surface area contributed by atoms with Crippen LogP contribution in [0.25, 0.3) is 0 Å². The molecule has 2 unspecified atom stereocenters. The van der Waals surface area contributed by atoms with E-state index in [0.29, 0.717) is 6.54 Å². The van der Waals surface area contributed by atoms with Crippen LogP contribution in [-0.4, -0.2) is 76.0 Å². The minimum Gasteiger partial charge on any atom is -0.350 e. The van der Waals surface area contributed by atoms with Crippen molar-refractivity contribution < 1.29 is 14.4 Å². The minimum atomic E-state index is -0.749. The number of fused-ring (bicyclic) bond motifs is 1. The molecule has 2 aliphatic heterocycles. The van der Waals surface area contributed by atoms with Crippen LogP contribution in [0, 0.1) is 17.2 Å². The van der Waals surface area contributed by atoms with Crippen molar-refractivity contribution in [1.29, 1.82) is 5.26 Å². The molecule has 0 aromatic heterocycles. The number of carbonyl (C=O) groups is 3. The van der Waals surface area contributed by atoms with Gasteiger partial charge in [-0.3, -0.25) is 9.59 Å². The number of amides is 4. The molecule has 1 aromatic rings. The number of hydrogen-bond acceptors (Lipinski definition) is 5. The van der Waals surface area contributed by atoms with Gasteiger partial charge in [0.05, 0.1) is 19.2 Å². The van der Waals surface area contributed by atoms with E-state index in [1.165, 1.54) is 20.5 Å². The molecule has 0 aliphatic carbocycles. The van der Waals surface area contributed by atoms with E-state index >= 15 is 0 Å². The molecule has 2 fully saturated rings. The highest BCUT2D eigenvalue weighted by atomic mass is 16.2. The van der Waals surface area contributed by atoms with Crippen molar-refractivity contribution in [2.75, 3.05) is 26.2 Å². The van der Waals surface area contributed by atoms with Crippen molar-refractivity contribution in [1.82, 2.24) is 19.8 Å². The molecule has 2 saturated heterocycles. The Morgan fingerprint density at radius 2 is 1.79 bits per heavy atom. The molecule has 0 radical (unpaired) electrons. The van der Waals surface area contributed by atoms with E-state index in [2.05, 4.69) is 6.58 Å². The molecule has 34 heavy (non-hydrogen) atoms. The van der Waals surface area contributed by atoms with E-state index in [0.717, 1.165) is 5.56 Å². The number of benzene rings is 1. The molecule has 1 aromatic carbocycles. The average molecular weight is 469 g/mol. The lowest BCUT2D eigenvalue weighted by Gasteiger charge is -2.55. The normalized spacial score (nSPS) is 21.4. The lowest BCUT2D eigenvalue weighted by atomic mass is 9.94. The van der Waals surface area contributed by atoms with Gasteiger partial charge in [-0.1, -0.05) is 56.7 Å². The fraction of sp³-hybridized carbons (Fsp3) is 0.520. The largest absolute Gasteiger partial charge is 0.350 e. The molecule has 3 atom stereocenters. The summed E-state index contributed by atoms with van der Waals surface area (Å²) in [6.45, 7) is 13.6. The van der Waals surface area contributed by atoms with Gasteiger partial charge in [0.25, 0.3) is 0 Å². The van der Waals surface area contributed by atoms with E-state index in [9.17, 15) is 14.4 Å². The highest BCUT2D eigenvalue weighted by Gasteiger charge is 2.51. The molecule has 3 rings (SSSR count). The van der Waals surface area contributed by atoms with Crippen LogP contribution in [0.15, 0.2) is 42.5 Å². The first-order chi connectivity index (χ1) is 16.0. The predicted molar refractivity (Wildman–Crippen MR) is 130 cm³/mol. The summed E-state index contributed by atoms with van der Waals surface area (Å²) in [7, 11) is 0. The number of nitrogens with zero attached hydrogens (tertiary/aromatic N) is 5. The molecule has 0 bridgehead atoms. The molecule has 2 N–H and O–H groups in total. The van der Waals surface area contributed by atoms with Crippen molar-refractivity contribution in [3.05, 3.63) is 48.0 Å². The monoisotopic (exact) mass is 468 g/mol. The molecule has 4 amide bonds. The number of urea groups is 1. The Hall–Kier alpha value is -3.38. The highest BCUT2D eigenvalue weighted by molar-refractivity contribution is 5.91. The summed E-state index contributed by atoms with van der Waals surface area (Å²) in [6.07, 6.45) is -0.731. The van der Waals surface area contributed by atoms with Gasteiger partial charge >= 0.3 is 6.03 Å². The Morgan fingerprint density at radius 3 is 2.29 bits per heavy atom. The summed E-state index contributed by atoms with van der Waals surface area (Å²) >= 11 is 0. The van der Waals surface area contributed by atoms with Gasteiger partial charge in [0.15, 0.2) is 0 Å². The summed E-state index contributed by atoms with van der Waals surface area (Å²) in [4.78, 5) is 41.7. The summed E-state index contributed by atoms with van der Waals surface area (Å²) in [5.74, 6) is -0.479. The third-order valence-electron chi connectivity index (χ3n) is 5.74. The first-order valence-corrected chi connectivity index (χ1v) is 11.5. The van der Waals surface area contributed by atoms with Crippen LogP contribution in [0.4, 0.5) is 4.79 Å². The molecule has 0 spiro atoms. The van der Waals surface area contributed by atoms with Crippen molar-refractivity contribution in [3.63, 3.8) is 0 Å². The van der Waals surface area contributed by atoms with Crippen molar-refractivity contribution in [2.45, 2.75) is 52.7 Å². The summed E-state index contributed by atoms with van der Waals surface area (Å²) in [6, 6.07) is 10.4. The molecular weight excluding hydrogens is 432 g/mol. The summed E-state index contributed by atoms with van der Waals surface area (Å²) < 4.78 is 0. The average Bonchev–Trinajstić information content (AvgIpc) is 2.74. The fourth-order valence-electron chi connectivity index (χ4n) is 4.37. The van der Waals surface area contributed by atoms with Crippen molar-refractivity contribution in [2.24, 2.45) is 11.7 Å². The van der Waals surface area contributed by atoms with Gasteiger partial charge in [-0.2, -0.15) is 10.3 Å². The zero-order chi connectivity index (χ0) is 25.6. The number of carbonyl (C=O) groups excluding carboxylic acids is 3. The number of rotatable bonds is 5. The predicted octanol–water partition coefficient (Wildman–Crippen LogP) is 2.53. The van der Waals surface area contributed by atoms with Gasteiger partial charge < -0.3 is 15.5 Å². The van der Waals surface area contributed by atoms with Gasteiger partial charge in [0.1, 0.15) is 18.8 Å². The molecule has 2 heterocycles. The van der Waals surface area contributed by atoms with Crippen LogP contribution >= 0.6 is 0 Å². The number of allylic oxidation sites excluding steroid dienone is 1. The maximum absolute atomic E-state index is 13.3. The fourth-order valence-corrected chi connectivity index (χ4v) is 4.37. The maximum atomic E-state index is 13.3. The first kappa shape index (κ1) is 26.9. The first-order valence-electron chi connectivity index (χ1n) is 11.5.